The van der Waals surface area contributed by atoms with Gasteiger partial charge in [0.15, 0.2) is 6.29 Å². The maximum atomic E-state index is 10.8. The molecule has 0 aliphatic carbocycles. The van der Waals surface area contributed by atoms with E-state index in [0.717, 1.165) is 5.37 Å². The summed E-state index contributed by atoms with van der Waals surface area (Å²) in [7, 11) is -3.53. The second kappa shape index (κ2) is 4.68. The molecule has 3 N–H and O–H groups in total. The molecule has 0 fully saturated rings. The Kier molecular flexibility index (Phi) is 4.62. The highest BCUT2D eigenvalue weighted by Crippen LogP contribution is 1.94. The van der Waals surface area contributed by atoms with E-state index >= 15 is 0 Å². The van der Waals surface area contributed by atoms with Gasteiger partial charge in [0.1, 0.15) is 0 Å². The van der Waals surface area contributed by atoms with E-state index in [1.54, 1.807) is 6.92 Å². The van der Waals surface area contributed by atoms with Gasteiger partial charge in [-0.05, 0) is 6.42 Å². The molecule has 0 spiro atoms. The van der Waals surface area contributed by atoms with E-state index in [-0.39, 0.29) is 0 Å². The average molecular weight is 184 g/mol. The number of aliphatic hydroxyl groups excluding tert-OH is 2. The van der Waals surface area contributed by atoms with E-state index in [4.69, 9.17) is 14.8 Å². The van der Waals surface area contributed by atoms with Crippen molar-refractivity contribution < 1.29 is 23.2 Å². The predicted molar refractivity (Wildman–Crippen MR) is 41.3 cm³/mol. The summed E-state index contributed by atoms with van der Waals surface area (Å²) < 4.78 is 23.7. The number of hydrogen-bond donors (Lipinski definition) is 3. The highest BCUT2D eigenvalue weighted by Gasteiger charge is 2.08. The van der Waals surface area contributed by atoms with Crippen LogP contribution in [0.3, 0.4) is 0 Å². The minimum Gasteiger partial charge on any atom is -0.391 e. The van der Waals surface area contributed by atoms with Crippen LogP contribution in [0.1, 0.15) is 13.3 Å². The van der Waals surface area contributed by atoms with E-state index in [2.05, 4.69) is 4.18 Å². The zero-order valence-electron chi connectivity index (χ0n) is 6.14. The van der Waals surface area contributed by atoms with Gasteiger partial charge in [0.2, 0.25) is 10.1 Å². The van der Waals surface area contributed by atoms with Gasteiger partial charge in [-0.3, -0.25) is 4.55 Å². The Morgan fingerprint density at radius 2 is 2.27 bits per heavy atom. The van der Waals surface area contributed by atoms with Crippen LogP contribution in [0.15, 0.2) is 0 Å². The molecule has 0 amide bonds. The molecule has 6 heteroatoms. The van der Waals surface area contributed by atoms with Crippen LogP contribution >= 0.6 is 0 Å². The van der Waals surface area contributed by atoms with Gasteiger partial charge >= 0.3 is 0 Å². The molecule has 11 heavy (non-hydrogen) atoms. The maximum Gasteiger partial charge on any atom is 0.201 e. The fourth-order valence-electron chi connectivity index (χ4n) is 0.439. The third-order valence-corrected chi connectivity index (χ3v) is 2.03. The van der Waals surface area contributed by atoms with Crippen molar-refractivity contribution >= 4 is 15.5 Å². The van der Waals surface area contributed by atoms with Crippen molar-refractivity contribution in [3.8, 4) is 0 Å². The lowest BCUT2D eigenvalue weighted by molar-refractivity contribution is -0.0521. The fourth-order valence-corrected chi connectivity index (χ4v) is 1.32. The van der Waals surface area contributed by atoms with Gasteiger partial charge < -0.3 is 10.2 Å². The molecule has 68 valence electrons. The summed E-state index contributed by atoms with van der Waals surface area (Å²) in [5.41, 5.74) is 0. The molecular formula is C5H12O5S. The van der Waals surface area contributed by atoms with Gasteiger partial charge in [0, 0.05) is 5.37 Å². The summed E-state index contributed by atoms with van der Waals surface area (Å²) >= 11 is 0. The molecule has 0 bridgehead atoms. The van der Waals surface area contributed by atoms with Gasteiger partial charge in [0.25, 0.3) is 0 Å². The summed E-state index contributed by atoms with van der Waals surface area (Å²) in [5, 5.41) is 17.8. The summed E-state index contributed by atoms with van der Waals surface area (Å²) in [5.74, 6) is 0. The first-order valence-corrected chi connectivity index (χ1v) is 4.59. The smallest absolute Gasteiger partial charge is 0.201 e. The molecule has 0 aromatic heterocycles. The SMILES string of the molecule is CCC=S(=O)(O)OC(O)CO. The Labute approximate surface area is 65.7 Å². The highest BCUT2D eigenvalue weighted by atomic mass is 32.2. The van der Waals surface area contributed by atoms with Gasteiger partial charge in [-0.15, -0.1) is 0 Å². The van der Waals surface area contributed by atoms with Crippen molar-refractivity contribution in [2.45, 2.75) is 19.6 Å². The number of rotatable bonds is 4. The summed E-state index contributed by atoms with van der Waals surface area (Å²) in [6.45, 7) is 0.958. The minimum absolute atomic E-state index is 0.355. The van der Waals surface area contributed by atoms with Crippen LogP contribution in [0.5, 0.6) is 0 Å². The third kappa shape index (κ3) is 5.16. The molecule has 2 unspecified atom stereocenters. The van der Waals surface area contributed by atoms with Gasteiger partial charge in [0.05, 0.1) is 6.61 Å². The van der Waals surface area contributed by atoms with Crippen LogP contribution in [0.25, 0.3) is 0 Å². The molecule has 0 heterocycles. The van der Waals surface area contributed by atoms with Crippen molar-refractivity contribution in [3.05, 3.63) is 0 Å². The number of aliphatic hydroxyl groups is 2. The fraction of sp³-hybridized carbons (Fsp3) is 0.800. The van der Waals surface area contributed by atoms with E-state index in [1.807, 2.05) is 0 Å². The van der Waals surface area contributed by atoms with E-state index < -0.39 is 23.0 Å². The molecule has 0 rings (SSSR count). The minimum atomic E-state index is -3.53. The van der Waals surface area contributed by atoms with Gasteiger partial charge in [-0.25, -0.2) is 8.39 Å². The van der Waals surface area contributed by atoms with E-state index in [9.17, 15) is 4.21 Å². The summed E-state index contributed by atoms with van der Waals surface area (Å²) in [6, 6.07) is 0. The molecule has 0 aromatic carbocycles. The molecule has 5 nitrogen and oxygen atoms in total. The first-order chi connectivity index (χ1) is 5.02. The Morgan fingerprint density at radius 1 is 1.73 bits per heavy atom. The van der Waals surface area contributed by atoms with Gasteiger partial charge in [-0.1, -0.05) is 6.92 Å². The van der Waals surface area contributed by atoms with Crippen molar-refractivity contribution in [2.75, 3.05) is 6.61 Å². The molecular weight excluding hydrogens is 172 g/mol. The molecule has 0 aliphatic heterocycles. The van der Waals surface area contributed by atoms with Crippen LogP contribution < -0.4 is 0 Å². The highest BCUT2D eigenvalue weighted by molar-refractivity contribution is 7.91. The van der Waals surface area contributed by atoms with Crippen LogP contribution in [0.2, 0.25) is 0 Å². The van der Waals surface area contributed by atoms with Crippen molar-refractivity contribution in [2.24, 2.45) is 0 Å². The average Bonchev–Trinajstić information content (AvgIpc) is 1.86. The van der Waals surface area contributed by atoms with Crippen LogP contribution in [-0.2, 0) is 14.3 Å². The Morgan fingerprint density at radius 3 is 2.64 bits per heavy atom. The molecule has 0 aromatic rings. The summed E-state index contributed by atoms with van der Waals surface area (Å²) in [4.78, 5) is 0. The van der Waals surface area contributed by atoms with E-state index in [1.165, 1.54) is 0 Å². The second-order valence-corrected chi connectivity index (χ2v) is 3.38. The lowest BCUT2D eigenvalue weighted by Gasteiger charge is -2.08. The quantitative estimate of drug-likeness (QED) is 0.393. The second-order valence-electron chi connectivity index (χ2n) is 1.82. The van der Waals surface area contributed by atoms with Crippen molar-refractivity contribution in [1.82, 2.24) is 0 Å². The number of hydrogen-bond acceptors (Lipinski definition) is 4. The van der Waals surface area contributed by atoms with Crippen molar-refractivity contribution in [3.63, 3.8) is 0 Å². The molecule has 0 saturated heterocycles. The van der Waals surface area contributed by atoms with Gasteiger partial charge in [-0.2, -0.15) is 0 Å². The lowest BCUT2D eigenvalue weighted by atomic mass is 10.6. The van der Waals surface area contributed by atoms with Crippen LogP contribution in [-0.4, -0.2) is 37.2 Å². The monoisotopic (exact) mass is 184 g/mol. The standard InChI is InChI=1S/C5H12O5S/c1-2-3-11(8,9)10-5(7)4-6/h3,5-7H,2,4H2,1H3,(H,8,9). The Balaban J connectivity index is 4.13. The largest absolute Gasteiger partial charge is 0.391 e. The maximum absolute atomic E-state index is 10.8. The molecule has 0 radical (unpaired) electrons. The lowest BCUT2D eigenvalue weighted by Crippen LogP contribution is -2.21. The first kappa shape index (κ1) is 10.9. The molecule has 2 atom stereocenters. The topological polar surface area (TPSA) is 87.0 Å². The molecule has 0 aliphatic rings. The molecule has 0 saturated carbocycles. The van der Waals surface area contributed by atoms with Crippen LogP contribution in [0.4, 0.5) is 0 Å². The normalized spacial score (nSPS) is 18.9. The van der Waals surface area contributed by atoms with Crippen molar-refractivity contribution in [1.29, 1.82) is 0 Å². The Hall–Kier alpha value is -0.140. The third-order valence-electron chi connectivity index (χ3n) is 0.782. The first-order valence-electron chi connectivity index (χ1n) is 3.09. The Bertz CT molecular complexity index is 205. The zero-order chi connectivity index (χ0) is 8.91. The van der Waals surface area contributed by atoms with E-state index in [0.29, 0.717) is 6.42 Å². The summed E-state index contributed by atoms with van der Waals surface area (Å²) in [6.07, 6.45) is -1.25. The zero-order valence-corrected chi connectivity index (χ0v) is 6.95. The van der Waals surface area contributed by atoms with Crippen LogP contribution in [0, 0.1) is 0 Å². The predicted octanol–water partition coefficient (Wildman–Crippen LogP) is -0.802.